The van der Waals surface area contributed by atoms with Gasteiger partial charge in [-0.15, -0.1) is 0 Å². The lowest BCUT2D eigenvalue weighted by Gasteiger charge is -1.99. The summed E-state index contributed by atoms with van der Waals surface area (Å²) < 4.78 is 1.48. The van der Waals surface area contributed by atoms with Gasteiger partial charge in [-0.1, -0.05) is 6.07 Å². The summed E-state index contributed by atoms with van der Waals surface area (Å²) in [7, 11) is -1.50. The van der Waals surface area contributed by atoms with Crippen molar-refractivity contribution in [1.82, 2.24) is 14.6 Å². The fourth-order valence-electron chi connectivity index (χ4n) is 1.07. The van der Waals surface area contributed by atoms with Crippen LogP contribution in [-0.4, -0.2) is 31.8 Å². The van der Waals surface area contributed by atoms with E-state index in [9.17, 15) is 0 Å². The maximum absolute atomic E-state index is 8.91. The molecule has 0 atom stereocenters. The third-order valence-corrected chi connectivity index (χ3v) is 1.61. The number of aromatic nitrogens is 3. The highest BCUT2D eigenvalue weighted by atomic mass is 16.4. The molecule has 0 aliphatic rings. The van der Waals surface area contributed by atoms with Crippen molar-refractivity contribution in [3.05, 3.63) is 24.7 Å². The summed E-state index contributed by atoms with van der Waals surface area (Å²) in [6.07, 6.45) is 3.05. The number of hydrogen-bond donors (Lipinski definition) is 2. The van der Waals surface area contributed by atoms with E-state index in [1.165, 1.54) is 10.8 Å². The highest BCUT2D eigenvalue weighted by Gasteiger charge is 2.15. The van der Waals surface area contributed by atoms with Crippen LogP contribution in [0.2, 0.25) is 0 Å². The molecule has 0 saturated carbocycles. The topological polar surface area (TPSA) is 70.7 Å². The molecule has 6 heteroatoms. The lowest BCUT2D eigenvalue weighted by molar-refractivity contribution is 0.426. The molecule has 12 heavy (non-hydrogen) atoms. The van der Waals surface area contributed by atoms with E-state index in [1.54, 1.807) is 18.3 Å². The van der Waals surface area contributed by atoms with Crippen molar-refractivity contribution < 1.29 is 10.0 Å². The molecule has 2 aromatic heterocycles. The molecule has 60 valence electrons. The second kappa shape index (κ2) is 2.58. The zero-order chi connectivity index (χ0) is 8.55. The lowest BCUT2D eigenvalue weighted by atomic mass is 9.81. The Bertz CT molecular complexity index is 400. The zero-order valence-electron chi connectivity index (χ0n) is 6.12. The summed E-state index contributed by atoms with van der Waals surface area (Å²) in [4.78, 5) is 3.87. The molecule has 0 aliphatic heterocycles. The van der Waals surface area contributed by atoms with Gasteiger partial charge in [0.25, 0.3) is 0 Å². The summed E-state index contributed by atoms with van der Waals surface area (Å²) in [5, 5.41) is 21.7. The van der Waals surface area contributed by atoms with E-state index in [0.717, 1.165) is 0 Å². The zero-order valence-corrected chi connectivity index (χ0v) is 6.12. The average Bonchev–Trinajstić information content (AvgIpc) is 2.49. The van der Waals surface area contributed by atoms with Crippen LogP contribution in [0.25, 0.3) is 5.65 Å². The molecular formula is C6H6BN3O2. The Kier molecular flexibility index (Phi) is 1.56. The van der Waals surface area contributed by atoms with Crippen LogP contribution in [-0.2, 0) is 0 Å². The number of hydrogen-bond acceptors (Lipinski definition) is 4. The predicted molar refractivity (Wildman–Crippen MR) is 42.8 cm³/mol. The molecule has 0 radical (unpaired) electrons. The molecule has 2 aromatic rings. The van der Waals surface area contributed by atoms with Crippen LogP contribution < -0.4 is 5.46 Å². The van der Waals surface area contributed by atoms with Crippen LogP contribution in [0.1, 0.15) is 0 Å². The highest BCUT2D eigenvalue weighted by molar-refractivity contribution is 6.60. The summed E-state index contributed by atoms with van der Waals surface area (Å²) in [6.45, 7) is 0. The third kappa shape index (κ3) is 0.974. The van der Waals surface area contributed by atoms with Gasteiger partial charge in [0.15, 0.2) is 5.65 Å². The molecule has 5 nitrogen and oxygen atoms in total. The predicted octanol–water partition coefficient (Wildman–Crippen LogP) is -1.59. The Morgan fingerprint density at radius 1 is 1.42 bits per heavy atom. The Morgan fingerprint density at radius 3 is 3.00 bits per heavy atom. The summed E-state index contributed by atoms with van der Waals surface area (Å²) in [6, 6.07) is 3.27. The Morgan fingerprint density at radius 2 is 2.25 bits per heavy atom. The molecule has 0 spiro atoms. The summed E-state index contributed by atoms with van der Waals surface area (Å²) >= 11 is 0. The Balaban J connectivity index is 2.73. The standard InChI is InChI=1S/C6H6BN3O2/c11-7(12)5-2-1-3-10-6(5)8-4-9-10/h1-4,11-12H. The molecule has 0 aromatic carbocycles. The largest absolute Gasteiger partial charge is 0.492 e. The number of fused-ring (bicyclic) bond motifs is 1. The molecule has 0 fully saturated rings. The van der Waals surface area contributed by atoms with Gasteiger partial charge in [0.1, 0.15) is 6.33 Å². The number of rotatable bonds is 1. The molecule has 2 rings (SSSR count). The van der Waals surface area contributed by atoms with E-state index in [2.05, 4.69) is 10.1 Å². The molecule has 0 aliphatic carbocycles. The maximum Gasteiger partial charge on any atom is 0.492 e. The first-order valence-electron chi connectivity index (χ1n) is 3.43. The number of nitrogens with zero attached hydrogens (tertiary/aromatic N) is 3. The SMILES string of the molecule is OB(O)c1cccn2ncnc12. The molecule has 0 unspecified atom stereocenters. The van der Waals surface area contributed by atoms with Crippen molar-refractivity contribution in [1.29, 1.82) is 0 Å². The van der Waals surface area contributed by atoms with E-state index >= 15 is 0 Å². The van der Waals surface area contributed by atoms with Gasteiger partial charge in [0.2, 0.25) is 0 Å². The van der Waals surface area contributed by atoms with Crippen LogP contribution in [0.4, 0.5) is 0 Å². The average molecular weight is 163 g/mol. The highest BCUT2D eigenvalue weighted by Crippen LogP contribution is 1.93. The third-order valence-electron chi connectivity index (χ3n) is 1.61. The van der Waals surface area contributed by atoms with E-state index in [-0.39, 0.29) is 0 Å². The molecule has 0 saturated heterocycles. The van der Waals surface area contributed by atoms with Crippen molar-refractivity contribution in [2.24, 2.45) is 0 Å². The van der Waals surface area contributed by atoms with Crippen LogP contribution in [0.5, 0.6) is 0 Å². The fourth-order valence-corrected chi connectivity index (χ4v) is 1.07. The molecule has 0 amide bonds. The van der Waals surface area contributed by atoms with E-state index in [4.69, 9.17) is 10.0 Å². The van der Waals surface area contributed by atoms with Crippen molar-refractivity contribution in [3.63, 3.8) is 0 Å². The van der Waals surface area contributed by atoms with Gasteiger partial charge >= 0.3 is 7.12 Å². The second-order valence-electron chi connectivity index (χ2n) is 2.37. The lowest BCUT2D eigenvalue weighted by Crippen LogP contribution is -2.31. The van der Waals surface area contributed by atoms with Crippen molar-refractivity contribution in [2.75, 3.05) is 0 Å². The van der Waals surface area contributed by atoms with Crippen LogP contribution in [0.3, 0.4) is 0 Å². The van der Waals surface area contributed by atoms with Gasteiger partial charge in [-0.2, -0.15) is 5.10 Å². The van der Waals surface area contributed by atoms with Crippen molar-refractivity contribution in [3.8, 4) is 0 Å². The first kappa shape index (κ1) is 7.26. The van der Waals surface area contributed by atoms with Crippen molar-refractivity contribution in [2.45, 2.75) is 0 Å². The van der Waals surface area contributed by atoms with Crippen LogP contribution >= 0.6 is 0 Å². The van der Waals surface area contributed by atoms with Crippen LogP contribution in [0.15, 0.2) is 24.7 Å². The molecule has 2 N–H and O–H groups in total. The first-order valence-corrected chi connectivity index (χ1v) is 3.43. The fraction of sp³-hybridized carbons (Fsp3) is 0. The van der Waals surface area contributed by atoms with E-state index in [0.29, 0.717) is 11.1 Å². The Hall–Kier alpha value is -1.40. The second-order valence-corrected chi connectivity index (χ2v) is 2.37. The summed E-state index contributed by atoms with van der Waals surface area (Å²) in [5.41, 5.74) is 0.822. The summed E-state index contributed by atoms with van der Waals surface area (Å²) in [5.74, 6) is 0. The quantitative estimate of drug-likeness (QED) is 0.497. The van der Waals surface area contributed by atoms with Gasteiger partial charge in [0, 0.05) is 11.7 Å². The monoisotopic (exact) mass is 163 g/mol. The molecule has 2 heterocycles. The normalized spacial score (nSPS) is 10.5. The van der Waals surface area contributed by atoms with Gasteiger partial charge in [-0.25, -0.2) is 9.50 Å². The van der Waals surface area contributed by atoms with Crippen molar-refractivity contribution >= 4 is 18.2 Å². The maximum atomic E-state index is 8.91. The first-order chi connectivity index (χ1) is 5.79. The van der Waals surface area contributed by atoms with Gasteiger partial charge in [-0.3, -0.25) is 0 Å². The number of pyridine rings is 1. The van der Waals surface area contributed by atoms with E-state index in [1.807, 2.05) is 0 Å². The molecular weight excluding hydrogens is 157 g/mol. The minimum atomic E-state index is -1.50. The minimum Gasteiger partial charge on any atom is -0.423 e. The minimum absolute atomic E-state index is 0.356. The smallest absolute Gasteiger partial charge is 0.423 e. The van der Waals surface area contributed by atoms with Gasteiger partial charge < -0.3 is 10.0 Å². The van der Waals surface area contributed by atoms with Gasteiger partial charge in [-0.05, 0) is 6.07 Å². The molecule has 0 bridgehead atoms. The van der Waals surface area contributed by atoms with Crippen LogP contribution in [0, 0.1) is 0 Å². The van der Waals surface area contributed by atoms with Gasteiger partial charge in [0.05, 0.1) is 0 Å². The van der Waals surface area contributed by atoms with E-state index < -0.39 is 7.12 Å². The Labute approximate surface area is 68.4 Å².